The molecule has 164 valence electrons. The monoisotopic (exact) mass is 437 g/mol. The number of rotatable bonds is 2. The van der Waals surface area contributed by atoms with Gasteiger partial charge in [-0.2, -0.15) is 5.26 Å². The first-order valence-electron chi connectivity index (χ1n) is 10.7. The van der Waals surface area contributed by atoms with E-state index in [2.05, 4.69) is 0 Å². The van der Waals surface area contributed by atoms with E-state index < -0.39 is 17.3 Å². The Morgan fingerprint density at radius 3 is 2.62 bits per heavy atom. The third-order valence-corrected chi connectivity index (χ3v) is 6.74. The number of amides is 2. The van der Waals surface area contributed by atoms with Crippen LogP contribution in [0.5, 0.6) is 0 Å². The summed E-state index contributed by atoms with van der Waals surface area (Å²) in [4.78, 5) is 29.5. The highest BCUT2D eigenvalue weighted by Crippen LogP contribution is 2.47. The first kappa shape index (κ1) is 20.6. The topological polar surface area (TPSA) is 73.6 Å². The third kappa shape index (κ3) is 3.24. The van der Waals surface area contributed by atoms with E-state index in [0.29, 0.717) is 25.7 Å². The second-order valence-electron chi connectivity index (χ2n) is 8.53. The van der Waals surface area contributed by atoms with Crippen LogP contribution in [-0.2, 0) is 9.53 Å². The van der Waals surface area contributed by atoms with Gasteiger partial charge in [0.1, 0.15) is 17.9 Å². The number of benzene rings is 2. The van der Waals surface area contributed by atoms with Gasteiger partial charge in [0.25, 0.3) is 11.8 Å². The summed E-state index contributed by atoms with van der Waals surface area (Å²) in [5, 5.41) is 9.03. The van der Waals surface area contributed by atoms with E-state index in [1.165, 1.54) is 29.2 Å². The Morgan fingerprint density at radius 1 is 1.12 bits per heavy atom. The minimum absolute atomic E-state index is 0.126. The number of hydrogen-bond acceptors (Lipinski definition) is 4. The Balaban J connectivity index is 1.31. The zero-order valence-corrected chi connectivity index (χ0v) is 17.3. The summed E-state index contributed by atoms with van der Waals surface area (Å²) in [7, 11) is 0. The highest BCUT2D eigenvalue weighted by Gasteiger charge is 2.58. The lowest BCUT2D eigenvalue weighted by molar-refractivity contribution is -0.142. The number of carbonyl (C=O) groups excluding carboxylic acids is 2. The number of carbonyl (C=O) groups is 2. The van der Waals surface area contributed by atoms with Gasteiger partial charge in [0.05, 0.1) is 23.2 Å². The normalized spacial score (nSPS) is 24.0. The molecule has 0 saturated carbocycles. The summed E-state index contributed by atoms with van der Waals surface area (Å²) in [6.07, 6.45) is 1.63. The van der Waals surface area contributed by atoms with Crippen LogP contribution in [0.4, 0.5) is 8.78 Å². The van der Waals surface area contributed by atoms with Crippen LogP contribution in [0.15, 0.2) is 42.5 Å². The molecule has 32 heavy (non-hydrogen) atoms. The minimum atomic E-state index is -1.01. The van der Waals surface area contributed by atoms with Crippen molar-refractivity contribution >= 4 is 11.8 Å². The largest absolute Gasteiger partial charge is 0.342 e. The van der Waals surface area contributed by atoms with E-state index in [0.717, 1.165) is 11.6 Å². The van der Waals surface area contributed by atoms with E-state index in [-0.39, 0.29) is 48.2 Å². The first-order chi connectivity index (χ1) is 15.4. The van der Waals surface area contributed by atoms with Crippen molar-refractivity contribution in [1.29, 1.82) is 5.26 Å². The first-order valence-corrected chi connectivity index (χ1v) is 10.7. The highest BCUT2D eigenvalue weighted by atomic mass is 19.1. The molecule has 0 unspecified atom stereocenters. The number of likely N-dealkylation sites (tertiary alicyclic amines) is 1. The molecule has 8 heteroatoms. The predicted molar refractivity (Wildman–Crippen MR) is 109 cm³/mol. The fraction of sp³-hybridized carbons (Fsp3) is 0.375. The molecule has 0 bridgehead atoms. The van der Waals surface area contributed by atoms with Crippen molar-refractivity contribution in [2.24, 2.45) is 0 Å². The smallest absolute Gasteiger partial charge is 0.257 e. The van der Waals surface area contributed by atoms with Crippen molar-refractivity contribution in [2.75, 3.05) is 13.1 Å². The molecule has 3 heterocycles. The second-order valence-corrected chi connectivity index (χ2v) is 8.53. The maximum Gasteiger partial charge on any atom is 0.257 e. The second kappa shape index (κ2) is 7.68. The number of hydrogen-bond donors (Lipinski definition) is 0. The Morgan fingerprint density at radius 2 is 1.91 bits per heavy atom. The SMILES string of the molecule is N#Cc1ccc(F)c(C(=O)N2CCC3(CC2)O[C@@H]2CC[C@@H](c4cccc(F)c4)N2C3=O)c1. The van der Waals surface area contributed by atoms with E-state index in [9.17, 15) is 18.4 Å². The number of nitrogens with zero attached hydrogens (tertiary/aromatic N) is 3. The number of nitriles is 1. The molecule has 0 aliphatic carbocycles. The Labute approximate surface area is 184 Å². The van der Waals surface area contributed by atoms with Crippen molar-refractivity contribution < 1.29 is 23.1 Å². The molecule has 3 aliphatic heterocycles. The van der Waals surface area contributed by atoms with Crippen LogP contribution in [0.25, 0.3) is 0 Å². The number of ether oxygens (including phenoxy) is 1. The van der Waals surface area contributed by atoms with E-state index in [4.69, 9.17) is 10.00 Å². The molecule has 6 nitrogen and oxygen atoms in total. The molecule has 3 saturated heterocycles. The van der Waals surface area contributed by atoms with Crippen LogP contribution in [-0.4, -0.2) is 46.5 Å². The zero-order valence-electron chi connectivity index (χ0n) is 17.3. The van der Waals surface area contributed by atoms with E-state index in [1.54, 1.807) is 11.0 Å². The molecule has 2 atom stereocenters. The molecular weight excluding hydrogens is 416 g/mol. The van der Waals surface area contributed by atoms with Crippen LogP contribution < -0.4 is 0 Å². The number of fused-ring (bicyclic) bond motifs is 1. The maximum absolute atomic E-state index is 14.2. The Kier molecular flexibility index (Phi) is 4.94. The molecule has 2 amide bonds. The van der Waals surface area contributed by atoms with Crippen molar-refractivity contribution in [2.45, 2.75) is 43.6 Å². The zero-order chi connectivity index (χ0) is 22.5. The van der Waals surface area contributed by atoms with Crippen LogP contribution in [0.1, 0.15) is 53.2 Å². The van der Waals surface area contributed by atoms with Crippen molar-refractivity contribution in [3.63, 3.8) is 0 Å². The average Bonchev–Trinajstić information content (AvgIpc) is 3.32. The van der Waals surface area contributed by atoms with Gasteiger partial charge in [0, 0.05) is 25.9 Å². The predicted octanol–water partition coefficient (Wildman–Crippen LogP) is 3.53. The van der Waals surface area contributed by atoms with Crippen LogP contribution in [0.2, 0.25) is 0 Å². The molecule has 0 N–H and O–H groups in total. The van der Waals surface area contributed by atoms with Crippen LogP contribution in [0, 0.1) is 23.0 Å². The van der Waals surface area contributed by atoms with Gasteiger partial charge in [-0.1, -0.05) is 12.1 Å². The maximum atomic E-state index is 14.2. The third-order valence-electron chi connectivity index (χ3n) is 6.74. The highest BCUT2D eigenvalue weighted by molar-refractivity contribution is 5.95. The quantitative estimate of drug-likeness (QED) is 0.721. The Hall–Kier alpha value is -3.31. The van der Waals surface area contributed by atoms with Crippen LogP contribution in [0.3, 0.4) is 0 Å². The van der Waals surface area contributed by atoms with Gasteiger partial charge in [0.15, 0.2) is 5.60 Å². The summed E-state index contributed by atoms with van der Waals surface area (Å²) in [6.45, 7) is 0.484. The molecule has 1 spiro atoms. The Bertz CT molecular complexity index is 1140. The van der Waals surface area contributed by atoms with Gasteiger partial charge in [-0.25, -0.2) is 8.78 Å². The van der Waals surface area contributed by atoms with Gasteiger partial charge in [-0.05, 0) is 48.7 Å². The van der Waals surface area contributed by atoms with Gasteiger partial charge >= 0.3 is 0 Å². The lowest BCUT2D eigenvalue weighted by Gasteiger charge is -2.37. The fourth-order valence-electron chi connectivity index (χ4n) is 5.09. The minimum Gasteiger partial charge on any atom is -0.342 e. The fourth-order valence-corrected chi connectivity index (χ4v) is 5.09. The van der Waals surface area contributed by atoms with Gasteiger partial charge in [0.2, 0.25) is 0 Å². The molecule has 0 radical (unpaired) electrons. The average molecular weight is 437 g/mol. The molecule has 3 aliphatic rings. The van der Waals surface area contributed by atoms with E-state index in [1.807, 2.05) is 12.1 Å². The lowest BCUT2D eigenvalue weighted by atomic mass is 9.89. The van der Waals surface area contributed by atoms with Crippen molar-refractivity contribution in [3.8, 4) is 6.07 Å². The van der Waals surface area contributed by atoms with Crippen molar-refractivity contribution in [1.82, 2.24) is 9.80 Å². The van der Waals surface area contributed by atoms with Crippen LogP contribution >= 0.6 is 0 Å². The molecule has 0 aromatic heterocycles. The molecule has 3 fully saturated rings. The summed E-state index contributed by atoms with van der Waals surface area (Å²) in [5.74, 6) is -1.65. The van der Waals surface area contributed by atoms with Crippen molar-refractivity contribution in [3.05, 3.63) is 70.8 Å². The number of halogens is 2. The summed E-state index contributed by atoms with van der Waals surface area (Å²) >= 11 is 0. The van der Waals surface area contributed by atoms with Gasteiger partial charge in [-0.3, -0.25) is 9.59 Å². The number of piperidine rings is 1. The summed E-state index contributed by atoms with van der Waals surface area (Å²) in [6, 6.07) is 11.7. The molecule has 2 aromatic carbocycles. The summed E-state index contributed by atoms with van der Waals surface area (Å²) in [5.41, 5.74) is -0.200. The molecule has 5 rings (SSSR count). The summed E-state index contributed by atoms with van der Waals surface area (Å²) < 4.78 is 34.1. The molecule has 2 aromatic rings. The lowest BCUT2D eigenvalue weighted by Crippen LogP contribution is -2.51. The van der Waals surface area contributed by atoms with E-state index >= 15 is 0 Å². The standard InChI is InChI=1S/C24H21F2N3O3/c25-17-3-1-2-16(13-17)20-6-7-21-29(20)23(31)24(32-21)8-10-28(11-9-24)22(30)18-12-15(14-27)4-5-19(18)26/h1-5,12-13,20-21H,6-11H2/t20-,21+/m0/s1. The van der Waals surface area contributed by atoms with Gasteiger partial charge in [-0.15, -0.1) is 0 Å². The van der Waals surface area contributed by atoms with Gasteiger partial charge < -0.3 is 14.5 Å². The molecular formula is C24H21F2N3O3.